The second-order valence-electron chi connectivity index (χ2n) is 2.94. The average Bonchev–Trinajstić information content (AvgIpc) is 2.02. The summed E-state index contributed by atoms with van der Waals surface area (Å²) < 4.78 is 31.6. The van der Waals surface area contributed by atoms with Crippen LogP contribution in [0.2, 0.25) is 0 Å². The van der Waals surface area contributed by atoms with E-state index in [4.69, 9.17) is 23.3 Å². The summed E-state index contributed by atoms with van der Waals surface area (Å²) in [5.74, 6) is 0.667. The Morgan fingerprint density at radius 1 is 1.20 bits per heavy atom. The normalized spacial score (nSPS) is 10.4. The molecule has 0 radical (unpaired) electrons. The maximum atomic E-state index is 8.74. The molecule has 0 aromatic carbocycles. The molecule has 0 spiro atoms. The SMILES string of the molecule is C=CCC(CC=C)CCN.O=S(=O)(O)O. The summed E-state index contributed by atoms with van der Waals surface area (Å²) in [7, 11) is -4.67. The molecule has 4 N–H and O–H groups in total. The van der Waals surface area contributed by atoms with Crippen LogP contribution in [0.4, 0.5) is 0 Å². The molecule has 0 amide bonds. The van der Waals surface area contributed by atoms with Gasteiger partial charge in [0.2, 0.25) is 0 Å². The molecule has 0 rings (SSSR count). The van der Waals surface area contributed by atoms with Gasteiger partial charge in [0.25, 0.3) is 0 Å². The highest BCUT2D eigenvalue weighted by atomic mass is 32.3. The Balaban J connectivity index is 0. The molecule has 0 heterocycles. The van der Waals surface area contributed by atoms with Gasteiger partial charge in [-0.2, -0.15) is 8.42 Å². The third-order valence-corrected chi connectivity index (χ3v) is 1.57. The zero-order valence-corrected chi connectivity index (χ0v) is 9.49. The highest BCUT2D eigenvalue weighted by molar-refractivity contribution is 7.79. The summed E-state index contributed by atoms with van der Waals surface area (Å²) in [5.41, 5.74) is 5.42. The van der Waals surface area contributed by atoms with Crippen molar-refractivity contribution in [3.05, 3.63) is 25.3 Å². The molecular weight excluding hydrogens is 218 g/mol. The van der Waals surface area contributed by atoms with Crippen LogP contribution in [0.15, 0.2) is 25.3 Å². The van der Waals surface area contributed by atoms with Crippen molar-refractivity contribution in [1.29, 1.82) is 0 Å². The molecule has 0 atom stereocenters. The molecule has 0 unspecified atom stereocenters. The van der Waals surface area contributed by atoms with Crippen LogP contribution in [-0.2, 0) is 10.4 Å². The van der Waals surface area contributed by atoms with E-state index >= 15 is 0 Å². The summed E-state index contributed by atoms with van der Waals surface area (Å²) in [6.45, 7) is 8.15. The monoisotopic (exact) mass is 237 g/mol. The van der Waals surface area contributed by atoms with Crippen LogP contribution in [-0.4, -0.2) is 24.1 Å². The highest BCUT2D eigenvalue weighted by Crippen LogP contribution is 2.12. The van der Waals surface area contributed by atoms with E-state index in [1.54, 1.807) is 0 Å². The van der Waals surface area contributed by atoms with E-state index in [0.717, 1.165) is 25.8 Å². The van der Waals surface area contributed by atoms with Crippen molar-refractivity contribution in [2.45, 2.75) is 19.3 Å². The molecule has 0 aliphatic rings. The van der Waals surface area contributed by atoms with E-state index in [-0.39, 0.29) is 0 Å². The average molecular weight is 237 g/mol. The summed E-state index contributed by atoms with van der Waals surface area (Å²) in [6, 6.07) is 0. The van der Waals surface area contributed by atoms with E-state index in [1.807, 2.05) is 12.2 Å². The fourth-order valence-electron chi connectivity index (χ4n) is 1.04. The van der Waals surface area contributed by atoms with E-state index < -0.39 is 10.4 Å². The molecule has 90 valence electrons. The Bertz CT molecular complexity index is 243. The number of hydrogen-bond donors (Lipinski definition) is 3. The molecule has 6 heteroatoms. The molecule has 0 saturated heterocycles. The number of allylic oxidation sites excluding steroid dienone is 2. The maximum absolute atomic E-state index is 8.74. The van der Waals surface area contributed by atoms with Gasteiger partial charge in [-0.3, -0.25) is 9.11 Å². The van der Waals surface area contributed by atoms with Crippen LogP contribution >= 0.6 is 0 Å². The lowest BCUT2D eigenvalue weighted by Gasteiger charge is -2.09. The molecule has 0 fully saturated rings. The first-order chi connectivity index (χ1) is 6.85. The molecule has 0 aromatic heterocycles. The first-order valence-corrected chi connectivity index (χ1v) is 5.86. The van der Waals surface area contributed by atoms with Gasteiger partial charge in [-0.15, -0.1) is 13.2 Å². The van der Waals surface area contributed by atoms with Gasteiger partial charge in [0.05, 0.1) is 0 Å². The third-order valence-electron chi connectivity index (χ3n) is 1.57. The number of hydrogen-bond acceptors (Lipinski definition) is 3. The Labute approximate surface area is 91.3 Å². The Kier molecular flexibility index (Phi) is 11.0. The van der Waals surface area contributed by atoms with Gasteiger partial charge < -0.3 is 5.73 Å². The fraction of sp³-hybridized carbons (Fsp3) is 0.556. The highest BCUT2D eigenvalue weighted by Gasteiger charge is 2.01. The van der Waals surface area contributed by atoms with Crippen molar-refractivity contribution < 1.29 is 17.5 Å². The van der Waals surface area contributed by atoms with E-state index in [9.17, 15) is 0 Å². The van der Waals surface area contributed by atoms with E-state index in [2.05, 4.69) is 13.2 Å². The van der Waals surface area contributed by atoms with Gasteiger partial charge in [0.15, 0.2) is 0 Å². The smallest absolute Gasteiger partial charge is 0.330 e. The minimum absolute atomic E-state index is 0.667. The molecule has 0 aliphatic heterocycles. The molecule has 0 aliphatic carbocycles. The van der Waals surface area contributed by atoms with Crippen molar-refractivity contribution >= 4 is 10.4 Å². The van der Waals surface area contributed by atoms with Gasteiger partial charge in [-0.25, -0.2) is 0 Å². The second kappa shape index (κ2) is 9.85. The van der Waals surface area contributed by atoms with Crippen molar-refractivity contribution in [3.63, 3.8) is 0 Å². The zero-order chi connectivity index (χ0) is 12.3. The zero-order valence-electron chi connectivity index (χ0n) is 8.67. The maximum Gasteiger partial charge on any atom is 0.394 e. The van der Waals surface area contributed by atoms with E-state index in [1.165, 1.54) is 0 Å². The van der Waals surface area contributed by atoms with Crippen LogP contribution < -0.4 is 5.73 Å². The van der Waals surface area contributed by atoms with Crippen LogP contribution in [0.3, 0.4) is 0 Å². The molecule has 0 saturated carbocycles. The summed E-state index contributed by atoms with van der Waals surface area (Å²) in [6.07, 6.45) is 7.10. The van der Waals surface area contributed by atoms with Gasteiger partial charge in [-0.1, -0.05) is 12.2 Å². The Morgan fingerprint density at radius 3 is 1.73 bits per heavy atom. The first kappa shape index (κ1) is 16.7. The van der Waals surface area contributed by atoms with Crippen LogP contribution in [0.1, 0.15) is 19.3 Å². The molecular formula is C9H19NO4S. The summed E-state index contributed by atoms with van der Waals surface area (Å²) >= 11 is 0. The molecule has 0 aromatic rings. The van der Waals surface area contributed by atoms with Crippen LogP contribution in [0.25, 0.3) is 0 Å². The van der Waals surface area contributed by atoms with Crippen LogP contribution in [0, 0.1) is 5.92 Å². The lowest BCUT2D eigenvalue weighted by atomic mass is 9.98. The fourth-order valence-corrected chi connectivity index (χ4v) is 1.04. The lowest BCUT2D eigenvalue weighted by molar-refractivity contribution is 0.381. The standard InChI is InChI=1S/C9H17N.H2O4S/c1-3-5-9(6-4-2)7-8-10;1-5(2,3)4/h3-4,9H,1-2,5-8,10H2;(H2,1,2,3,4). The topological polar surface area (TPSA) is 101 Å². The van der Waals surface area contributed by atoms with Crippen molar-refractivity contribution in [1.82, 2.24) is 0 Å². The largest absolute Gasteiger partial charge is 0.394 e. The van der Waals surface area contributed by atoms with Gasteiger partial charge >= 0.3 is 10.4 Å². The minimum atomic E-state index is -4.67. The Morgan fingerprint density at radius 2 is 1.53 bits per heavy atom. The van der Waals surface area contributed by atoms with Gasteiger partial charge in [0.1, 0.15) is 0 Å². The van der Waals surface area contributed by atoms with E-state index in [0.29, 0.717) is 5.92 Å². The second-order valence-corrected chi connectivity index (χ2v) is 3.84. The van der Waals surface area contributed by atoms with Gasteiger partial charge in [-0.05, 0) is 31.7 Å². The number of nitrogens with two attached hydrogens (primary N) is 1. The third kappa shape index (κ3) is 24.7. The molecule has 0 bridgehead atoms. The van der Waals surface area contributed by atoms with Crippen LogP contribution in [0.5, 0.6) is 0 Å². The first-order valence-electron chi connectivity index (χ1n) is 4.46. The van der Waals surface area contributed by atoms with Crippen molar-refractivity contribution in [2.75, 3.05) is 6.54 Å². The Hall–Kier alpha value is -0.690. The summed E-state index contributed by atoms with van der Waals surface area (Å²) in [4.78, 5) is 0. The molecule has 5 nitrogen and oxygen atoms in total. The van der Waals surface area contributed by atoms with Crippen molar-refractivity contribution in [3.8, 4) is 0 Å². The molecule has 15 heavy (non-hydrogen) atoms. The van der Waals surface area contributed by atoms with Gasteiger partial charge in [0, 0.05) is 0 Å². The predicted molar refractivity (Wildman–Crippen MR) is 61.0 cm³/mol. The van der Waals surface area contributed by atoms with Crippen molar-refractivity contribution in [2.24, 2.45) is 11.7 Å². The summed E-state index contributed by atoms with van der Waals surface area (Å²) in [5, 5.41) is 0. The minimum Gasteiger partial charge on any atom is -0.330 e. The number of rotatable bonds is 6. The predicted octanol–water partition coefficient (Wildman–Crippen LogP) is 1.45. The quantitative estimate of drug-likeness (QED) is 0.479. The lowest BCUT2D eigenvalue weighted by Crippen LogP contribution is -2.07.